The largest absolute Gasteiger partial charge is 0.444 e. The van der Waals surface area contributed by atoms with Gasteiger partial charge in [-0.2, -0.15) is 0 Å². The molecule has 0 radical (unpaired) electrons. The Bertz CT molecular complexity index is 725. The van der Waals surface area contributed by atoms with Gasteiger partial charge in [0.15, 0.2) is 0 Å². The first kappa shape index (κ1) is 21.9. The summed E-state index contributed by atoms with van der Waals surface area (Å²) < 4.78 is 5.58. The van der Waals surface area contributed by atoms with Gasteiger partial charge in [0.2, 0.25) is 0 Å². The van der Waals surface area contributed by atoms with Gasteiger partial charge in [-0.1, -0.05) is 23.7 Å². The SMILES string of the molecule is CC(C)(C)OC(=O)N1CCC(N2C[C@@H]3CCCN3C[C@@H]2Cc2ccc(Cl)cc2)CC1. The molecule has 30 heavy (non-hydrogen) atoms. The standard InChI is InChI=1S/C24H36ClN3O2/c1-24(2,3)30-23(29)26-13-10-20(11-14-26)28-17-21-5-4-12-27(21)16-22(28)15-18-6-8-19(25)9-7-18/h6-9,20-22H,4-5,10-17H2,1-3H3/t21-,22-/m0/s1. The summed E-state index contributed by atoms with van der Waals surface area (Å²) in [6, 6.07) is 10.1. The van der Waals surface area contributed by atoms with Crippen LogP contribution < -0.4 is 0 Å². The Labute approximate surface area is 186 Å². The Hall–Kier alpha value is -1.30. The van der Waals surface area contributed by atoms with Crippen LogP contribution in [-0.4, -0.2) is 77.2 Å². The van der Waals surface area contributed by atoms with Gasteiger partial charge in [-0.05, 0) is 77.1 Å². The molecule has 0 aliphatic carbocycles. The number of hydrogen-bond donors (Lipinski definition) is 0. The zero-order valence-corrected chi connectivity index (χ0v) is 19.4. The second kappa shape index (κ2) is 9.05. The predicted octanol–water partition coefficient (Wildman–Crippen LogP) is 4.43. The zero-order chi connectivity index (χ0) is 21.3. The highest BCUT2D eigenvalue weighted by Crippen LogP contribution is 2.31. The molecule has 3 aliphatic rings. The van der Waals surface area contributed by atoms with Gasteiger partial charge < -0.3 is 9.64 Å². The van der Waals surface area contributed by atoms with Gasteiger partial charge in [0.25, 0.3) is 0 Å². The fraction of sp³-hybridized carbons (Fsp3) is 0.708. The van der Waals surface area contributed by atoms with E-state index in [1.807, 2.05) is 37.8 Å². The maximum atomic E-state index is 12.5. The second-order valence-corrected chi connectivity index (χ2v) is 10.6. The lowest BCUT2D eigenvalue weighted by Gasteiger charge is -2.49. The lowest BCUT2D eigenvalue weighted by atomic mass is 9.94. The molecule has 3 aliphatic heterocycles. The van der Waals surface area contributed by atoms with Gasteiger partial charge in [0.1, 0.15) is 5.60 Å². The maximum absolute atomic E-state index is 12.5. The number of piperazine rings is 1. The number of hydrogen-bond acceptors (Lipinski definition) is 4. The van der Waals surface area contributed by atoms with Gasteiger partial charge in [0, 0.05) is 49.3 Å². The molecule has 3 fully saturated rings. The van der Waals surface area contributed by atoms with Crippen molar-refractivity contribution in [1.29, 1.82) is 0 Å². The van der Waals surface area contributed by atoms with E-state index in [1.54, 1.807) is 0 Å². The molecule has 0 saturated carbocycles. The first-order chi connectivity index (χ1) is 14.3. The van der Waals surface area contributed by atoms with E-state index in [4.69, 9.17) is 16.3 Å². The highest BCUT2D eigenvalue weighted by molar-refractivity contribution is 6.30. The summed E-state index contributed by atoms with van der Waals surface area (Å²) in [6.07, 6.45) is 5.60. The predicted molar refractivity (Wildman–Crippen MR) is 121 cm³/mol. The summed E-state index contributed by atoms with van der Waals surface area (Å²) in [7, 11) is 0. The Morgan fingerprint density at radius 3 is 2.40 bits per heavy atom. The number of halogens is 1. The molecule has 3 saturated heterocycles. The van der Waals surface area contributed by atoms with Gasteiger partial charge in [-0.15, -0.1) is 0 Å². The van der Waals surface area contributed by atoms with Crippen molar-refractivity contribution in [3.63, 3.8) is 0 Å². The number of ether oxygens (including phenoxy) is 1. The average molecular weight is 434 g/mol. The van der Waals surface area contributed by atoms with Crippen molar-refractivity contribution in [1.82, 2.24) is 14.7 Å². The summed E-state index contributed by atoms with van der Waals surface area (Å²) >= 11 is 6.10. The number of piperidine rings is 1. The Morgan fingerprint density at radius 1 is 1.03 bits per heavy atom. The molecule has 0 bridgehead atoms. The summed E-state index contributed by atoms with van der Waals surface area (Å²) in [5.41, 5.74) is 0.925. The summed E-state index contributed by atoms with van der Waals surface area (Å²) in [6.45, 7) is 10.9. The van der Waals surface area contributed by atoms with E-state index in [-0.39, 0.29) is 6.09 Å². The monoisotopic (exact) mass is 433 g/mol. The van der Waals surface area contributed by atoms with Gasteiger partial charge in [-0.3, -0.25) is 9.80 Å². The van der Waals surface area contributed by atoms with Crippen LogP contribution in [0.3, 0.4) is 0 Å². The number of fused-ring (bicyclic) bond motifs is 1. The van der Waals surface area contributed by atoms with Crippen LogP contribution >= 0.6 is 11.6 Å². The third kappa shape index (κ3) is 5.30. The molecule has 0 spiro atoms. The molecule has 166 valence electrons. The van der Waals surface area contributed by atoms with Crippen molar-refractivity contribution in [2.45, 2.75) is 76.6 Å². The summed E-state index contributed by atoms with van der Waals surface area (Å²) in [5.74, 6) is 0. The minimum atomic E-state index is -0.434. The molecule has 5 nitrogen and oxygen atoms in total. The number of nitrogens with zero attached hydrogens (tertiary/aromatic N) is 3. The molecule has 3 heterocycles. The highest BCUT2D eigenvalue weighted by atomic mass is 35.5. The minimum absolute atomic E-state index is 0.167. The van der Waals surface area contributed by atoms with Crippen LogP contribution in [0.4, 0.5) is 4.79 Å². The minimum Gasteiger partial charge on any atom is -0.444 e. The van der Waals surface area contributed by atoms with E-state index >= 15 is 0 Å². The molecule has 1 amide bonds. The molecule has 0 N–H and O–H groups in total. The number of likely N-dealkylation sites (tertiary alicyclic amines) is 1. The van der Waals surface area contributed by atoms with Crippen molar-refractivity contribution in [3.8, 4) is 0 Å². The third-order valence-electron chi connectivity index (χ3n) is 6.80. The molecule has 0 aromatic heterocycles. The Balaban J connectivity index is 1.41. The van der Waals surface area contributed by atoms with Gasteiger partial charge in [-0.25, -0.2) is 4.79 Å². The van der Waals surface area contributed by atoms with Gasteiger partial charge in [0.05, 0.1) is 0 Å². The Kier molecular flexibility index (Phi) is 6.61. The van der Waals surface area contributed by atoms with Gasteiger partial charge >= 0.3 is 6.09 Å². The molecule has 0 unspecified atom stereocenters. The van der Waals surface area contributed by atoms with Crippen LogP contribution in [-0.2, 0) is 11.2 Å². The quantitative estimate of drug-likeness (QED) is 0.706. The first-order valence-electron chi connectivity index (χ1n) is 11.5. The topological polar surface area (TPSA) is 36.0 Å². The van der Waals surface area contributed by atoms with Crippen molar-refractivity contribution in [2.24, 2.45) is 0 Å². The van der Waals surface area contributed by atoms with Crippen LogP contribution in [0.15, 0.2) is 24.3 Å². The van der Waals surface area contributed by atoms with E-state index < -0.39 is 5.60 Å². The summed E-state index contributed by atoms with van der Waals surface area (Å²) in [5, 5.41) is 0.799. The zero-order valence-electron chi connectivity index (χ0n) is 18.6. The number of carbonyl (C=O) groups is 1. The van der Waals surface area contributed by atoms with E-state index in [2.05, 4.69) is 21.9 Å². The van der Waals surface area contributed by atoms with E-state index in [1.165, 1.54) is 24.9 Å². The lowest BCUT2D eigenvalue weighted by Crippen LogP contribution is -2.61. The third-order valence-corrected chi connectivity index (χ3v) is 7.06. The van der Waals surface area contributed by atoms with Crippen molar-refractivity contribution >= 4 is 17.7 Å². The van der Waals surface area contributed by atoms with Crippen LogP contribution in [0.1, 0.15) is 52.0 Å². The molecular formula is C24H36ClN3O2. The van der Waals surface area contributed by atoms with Crippen LogP contribution in [0.5, 0.6) is 0 Å². The fourth-order valence-electron chi connectivity index (χ4n) is 5.34. The summed E-state index contributed by atoms with van der Waals surface area (Å²) in [4.78, 5) is 19.8. The highest BCUT2D eigenvalue weighted by Gasteiger charge is 2.40. The van der Waals surface area contributed by atoms with Crippen molar-refractivity contribution < 1.29 is 9.53 Å². The molecular weight excluding hydrogens is 398 g/mol. The number of benzene rings is 1. The van der Waals surface area contributed by atoms with E-state index in [9.17, 15) is 4.79 Å². The van der Waals surface area contributed by atoms with E-state index in [0.29, 0.717) is 18.1 Å². The first-order valence-corrected chi connectivity index (χ1v) is 11.9. The average Bonchev–Trinajstić information content (AvgIpc) is 3.15. The van der Waals surface area contributed by atoms with Crippen molar-refractivity contribution in [2.75, 3.05) is 32.7 Å². The number of carbonyl (C=O) groups excluding carboxylic acids is 1. The molecule has 1 aromatic carbocycles. The van der Waals surface area contributed by atoms with Crippen LogP contribution in [0, 0.1) is 0 Å². The van der Waals surface area contributed by atoms with E-state index in [0.717, 1.165) is 50.5 Å². The molecule has 1 aromatic rings. The lowest BCUT2D eigenvalue weighted by molar-refractivity contribution is -0.0119. The smallest absolute Gasteiger partial charge is 0.410 e. The molecule has 6 heteroatoms. The van der Waals surface area contributed by atoms with Crippen LogP contribution in [0.2, 0.25) is 5.02 Å². The maximum Gasteiger partial charge on any atom is 0.410 e. The van der Waals surface area contributed by atoms with Crippen LogP contribution in [0.25, 0.3) is 0 Å². The van der Waals surface area contributed by atoms with Crippen molar-refractivity contribution in [3.05, 3.63) is 34.9 Å². The molecule has 4 rings (SSSR count). The normalized spacial score (nSPS) is 26.6. The Morgan fingerprint density at radius 2 is 1.73 bits per heavy atom. The number of rotatable bonds is 3. The fourth-order valence-corrected chi connectivity index (χ4v) is 5.46. The number of amides is 1. The second-order valence-electron chi connectivity index (χ2n) is 10.2. The molecule has 2 atom stereocenters.